The minimum atomic E-state index is -0.984. The zero-order valence-corrected chi connectivity index (χ0v) is 17.3. The average Bonchev–Trinajstić information content (AvgIpc) is 2.76. The van der Waals surface area contributed by atoms with Gasteiger partial charge >= 0.3 is 5.97 Å². The molecule has 4 rings (SSSR count). The van der Waals surface area contributed by atoms with Crippen molar-refractivity contribution in [3.05, 3.63) is 63.9 Å². The van der Waals surface area contributed by atoms with Crippen molar-refractivity contribution in [2.45, 2.75) is 32.2 Å². The molecule has 156 valence electrons. The van der Waals surface area contributed by atoms with E-state index in [0.717, 1.165) is 31.5 Å². The van der Waals surface area contributed by atoms with Gasteiger partial charge in [0.1, 0.15) is 0 Å². The molecule has 0 spiro atoms. The number of carboxylic acids is 1. The Kier molecular flexibility index (Phi) is 5.44. The second-order valence-electron chi connectivity index (χ2n) is 7.78. The molecule has 0 aliphatic carbocycles. The van der Waals surface area contributed by atoms with E-state index in [-0.39, 0.29) is 17.2 Å². The van der Waals surface area contributed by atoms with E-state index in [2.05, 4.69) is 10.2 Å². The molecule has 30 heavy (non-hydrogen) atoms. The van der Waals surface area contributed by atoms with Gasteiger partial charge in [0.25, 0.3) is 5.56 Å². The van der Waals surface area contributed by atoms with Gasteiger partial charge in [-0.25, -0.2) is 9.78 Å². The molecular weight excluding hydrogens is 380 g/mol. The van der Waals surface area contributed by atoms with Gasteiger partial charge in [0.05, 0.1) is 22.5 Å². The number of hydrogen-bond acceptors (Lipinski definition) is 5. The van der Waals surface area contributed by atoms with E-state index in [4.69, 9.17) is 4.98 Å². The molecular formula is C23H26N4O3. The van der Waals surface area contributed by atoms with Gasteiger partial charge in [-0.1, -0.05) is 24.3 Å². The number of aromatic carboxylic acids is 1. The molecule has 1 fully saturated rings. The summed E-state index contributed by atoms with van der Waals surface area (Å²) in [5.74, 6) is -0.291. The maximum Gasteiger partial charge on any atom is 0.337 e. The van der Waals surface area contributed by atoms with Crippen LogP contribution in [0.5, 0.6) is 0 Å². The number of carboxylic acid groups (broad SMARTS) is 1. The standard InChI is InChI=1S/C23H26N4O3/c1-15(24-19-12-5-4-9-17(19)22(29)30)16-10-8-11-18-20(16)25-23(26(2)21(18)28)27-13-6-3-7-14-27/h4-5,8-12,15,24H,3,6-7,13-14H2,1-2H3,(H,29,30)/t15-/m1/s1. The van der Waals surface area contributed by atoms with Crippen molar-refractivity contribution >= 4 is 28.5 Å². The van der Waals surface area contributed by atoms with Crippen LogP contribution in [-0.4, -0.2) is 33.7 Å². The quantitative estimate of drug-likeness (QED) is 0.670. The fourth-order valence-electron chi connectivity index (χ4n) is 4.14. The number of benzene rings is 2. The summed E-state index contributed by atoms with van der Waals surface area (Å²) in [4.78, 5) is 31.7. The highest BCUT2D eigenvalue weighted by atomic mass is 16.4. The van der Waals surface area contributed by atoms with Crippen molar-refractivity contribution in [3.63, 3.8) is 0 Å². The fraction of sp³-hybridized carbons (Fsp3) is 0.348. The predicted octanol–water partition coefficient (Wildman–Crippen LogP) is 3.80. The van der Waals surface area contributed by atoms with Gasteiger partial charge in [0, 0.05) is 31.4 Å². The first kappa shape index (κ1) is 19.9. The Balaban J connectivity index is 1.78. The average molecular weight is 406 g/mol. The molecule has 1 aromatic heterocycles. The van der Waals surface area contributed by atoms with Crippen LogP contribution in [0.1, 0.15) is 48.1 Å². The van der Waals surface area contributed by atoms with E-state index in [1.165, 1.54) is 6.42 Å². The first-order valence-corrected chi connectivity index (χ1v) is 10.3. The highest BCUT2D eigenvalue weighted by Crippen LogP contribution is 2.28. The minimum absolute atomic E-state index is 0.0689. The van der Waals surface area contributed by atoms with Crippen molar-refractivity contribution in [3.8, 4) is 0 Å². The zero-order valence-electron chi connectivity index (χ0n) is 17.3. The Morgan fingerprint density at radius 2 is 1.83 bits per heavy atom. The Bertz CT molecular complexity index is 1150. The van der Waals surface area contributed by atoms with Crippen molar-refractivity contribution in [1.82, 2.24) is 9.55 Å². The van der Waals surface area contributed by atoms with Crippen LogP contribution in [0, 0.1) is 0 Å². The largest absolute Gasteiger partial charge is 0.478 e. The fourth-order valence-corrected chi connectivity index (χ4v) is 4.14. The van der Waals surface area contributed by atoms with E-state index in [0.29, 0.717) is 22.5 Å². The smallest absolute Gasteiger partial charge is 0.337 e. The van der Waals surface area contributed by atoms with Crippen molar-refractivity contribution in [2.75, 3.05) is 23.3 Å². The number of para-hydroxylation sites is 2. The molecule has 3 aromatic rings. The molecule has 0 bridgehead atoms. The number of aromatic nitrogens is 2. The minimum Gasteiger partial charge on any atom is -0.478 e. The summed E-state index contributed by atoms with van der Waals surface area (Å²) < 4.78 is 1.63. The summed E-state index contributed by atoms with van der Waals surface area (Å²) in [7, 11) is 1.77. The molecule has 1 atom stereocenters. The molecule has 1 aliphatic heterocycles. The van der Waals surface area contributed by atoms with Crippen molar-refractivity contribution in [2.24, 2.45) is 7.05 Å². The zero-order chi connectivity index (χ0) is 21.3. The van der Waals surface area contributed by atoms with Crippen LogP contribution >= 0.6 is 0 Å². The van der Waals surface area contributed by atoms with Crippen LogP contribution in [0.3, 0.4) is 0 Å². The van der Waals surface area contributed by atoms with E-state index in [1.54, 1.807) is 41.9 Å². The molecule has 2 heterocycles. The number of carbonyl (C=O) groups is 1. The topological polar surface area (TPSA) is 87.5 Å². The lowest BCUT2D eigenvalue weighted by Crippen LogP contribution is -2.35. The molecule has 7 nitrogen and oxygen atoms in total. The van der Waals surface area contributed by atoms with Crippen LogP contribution < -0.4 is 15.8 Å². The summed E-state index contributed by atoms with van der Waals surface area (Å²) in [5, 5.41) is 13.3. The molecule has 1 aliphatic rings. The lowest BCUT2D eigenvalue weighted by Gasteiger charge is -2.29. The van der Waals surface area contributed by atoms with Gasteiger partial charge in [-0.05, 0) is 44.4 Å². The van der Waals surface area contributed by atoms with Crippen LogP contribution in [0.4, 0.5) is 11.6 Å². The first-order chi connectivity index (χ1) is 14.5. The van der Waals surface area contributed by atoms with Gasteiger partial charge in [-0.3, -0.25) is 9.36 Å². The lowest BCUT2D eigenvalue weighted by atomic mass is 10.0. The third-order valence-electron chi connectivity index (χ3n) is 5.75. The third-order valence-corrected chi connectivity index (χ3v) is 5.75. The third kappa shape index (κ3) is 3.63. The summed E-state index contributed by atoms with van der Waals surface area (Å²) in [5.41, 5.74) is 2.20. The van der Waals surface area contributed by atoms with Crippen LogP contribution in [0.2, 0.25) is 0 Å². The predicted molar refractivity (Wildman–Crippen MR) is 118 cm³/mol. The number of anilines is 2. The number of nitrogens with one attached hydrogen (secondary N) is 1. The Morgan fingerprint density at radius 3 is 2.57 bits per heavy atom. The molecule has 0 saturated carbocycles. The molecule has 1 saturated heterocycles. The van der Waals surface area contributed by atoms with Crippen LogP contribution in [0.25, 0.3) is 10.9 Å². The molecule has 2 aromatic carbocycles. The van der Waals surface area contributed by atoms with E-state index < -0.39 is 5.97 Å². The Labute approximate surface area is 175 Å². The molecule has 0 radical (unpaired) electrons. The number of rotatable bonds is 5. The van der Waals surface area contributed by atoms with Gasteiger partial charge in [0.15, 0.2) is 0 Å². The highest BCUT2D eigenvalue weighted by molar-refractivity contribution is 5.94. The van der Waals surface area contributed by atoms with E-state index in [1.807, 2.05) is 19.1 Å². The van der Waals surface area contributed by atoms with Crippen molar-refractivity contribution in [1.29, 1.82) is 0 Å². The summed E-state index contributed by atoms with van der Waals surface area (Å²) in [6.45, 7) is 3.74. The van der Waals surface area contributed by atoms with Gasteiger partial charge in [-0.15, -0.1) is 0 Å². The van der Waals surface area contributed by atoms with E-state index >= 15 is 0 Å². The second-order valence-corrected chi connectivity index (χ2v) is 7.78. The number of piperidine rings is 1. The van der Waals surface area contributed by atoms with Crippen molar-refractivity contribution < 1.29 is 9.90 Å². The Morgan fingerprint density at radius 1 is 1.10 bits per heavy atom. The summed E-state index contributed by atoms with van der Waals surface area (Å²) in [6, 6.07) is 12.2. The molecule has 0 unspecified atom stereocenters. The first-order valence-electron chi connectivity index (χ1n) is 10.3. The van der Waals surface area contributed by atoms with E-state index in [9.17, 15) is 14.7 Å². The molecule has 7 heteroatoms. The number of fused-ring (bicyclic) bond motifs is 1. The lowest BCUT2D eigenvalue weighted by molar-refractivity contribution is 0.0698. The molecule has 0 amide bonds. The van der Waals surface area contributed by atoms with Crippen LogP contribution in [-0.2, 0) is 7.05 Å². The maximum atomic E-state index is 13.1. The summed E-state index contributed by atoms with van der Waals surface area (Å²) in [6.07, 6.45) is 3.40. The normalized spacial score (nSPS) is 15.2. The Hall–Kier alpha value is -3.35. The highest BCUT2D eigenvalue weighted by Gasteiger charge is 2.20. The SMILES string of the molecule is C[C@@H](Nc1ccccc1C(=O)O)c1cccc2c(=O)n(C)c(N3CCCCC3)nc12. The molecule has 2 N–H and O–H groups in total. The summed E-state index contributed by atoms with van der Waals surface area (Å²) >= 11 is 0. The van der Waals surface area contributed by atoms with Gasteiger partial charge < -0.3 is 15.3 Å². The van der Waals surface area contributed by atoms with Gasteiger partial charge in [-0.2, -0.15) is 0 Å². The monoisotopic (exact) mass is 406 g/mol. The van der Waals surface area contributed by atoms with Crippen LogP contribution in [0.15, 0.2) is 47.3 Å². The van der Waals surface area contributed by atoms with Gasteiger partial charge in [0.2, 0.25) is 5.95 Å². The number of hydrogen-bond donors (Lipinski definition) is 2. The number of nitrogens with zero attached hydrogens (tertiary/aromatic N) is 3. The second kappa shape index (κ2) is 8.18. The maximum absolute atomic E-state index is 13.1.